The first-order valence-electron chi connectivity index (χ1n) is 7.68. The van der Waals surface area contributed by atoms with E-state index in [1.807, 2.05) is 24.3 Å². The summed E-state index contributed by atoms with van der Waals surface area (Å²) in [5, 5.41) is 11.7. The van der Waals surface area contributed by atoms with Gasteiger partial charge in [0.2, 0.25) is 5.78 Å². The summed E-state index contributed by atoms with van der Waals surface area (Å²) in [5.41, 5.74) is 0.486. The Morgan fingerprint density at radius 1 is 1.00 bits per heavy atom. The molecule has 1 N–H and O–H groups in total. The highest BCUT2D eigenvalue weighted by Gasteiger charge is 2.22. The SMILES string of the molecule is C[C@@H](OC(=O)c1cc2ccccc2cc1O)C(=O)c1ccc(Br)cc1. The van der Waals surface area contributed by atoms with Gasteiger partial charge in [0.25, 0.3) is 0 Å². The molecule has 0 fully saturated rings. The molecule has 0 spiro atoms. The van der Waals surface area contributed by atoms with Gasteiger partial charge in [-0.15, -0.1) is 0 Å². The summed E-state index contributed by atoms with van der Waals surface area (Å²) < 4.78 is 6.11. The molecule has 126 valence electrons. The largest absolute Gasteiger partial charge is 0.507 e. The van der Waals surface area contributed by atoms with E-state index in [2.05, 4.69) is 15.9 Å². The van der Waals surface area contributed by atoms with E-state index >= 15 is 0 Å². The molecule has 0 heterocycles. The predicted molar refractivity (Wildman–Crippen MR) is 99.0 cm³/mol. The van der Waals surface area contributed by atoms with Crippen molar-refractivity contribution >= 4 is 38.5 Å². The molecule has 0 radical (unpaired) electrons. The fourth-order valence-electron chi connectivity index (χ4n) is 2.52. The summed E-state index contributed by atoms with van der Waals surface area (Å²) in [5.74, 6) is -1.21. The maximum absolute atomic E-state index is 12.4. The molecule has 0 aromatic heterocycles. The number of phenols is 1. The number of carbonyl (C=O) groups excluding carboxylic acids is 2. The number of hydrogen-bond donors (Lipinski definition) is 1. The number of benzene rings is 3. The van der Waals surface area contributed by atoms with Crippen LogP contribution < -0.4 is 0 Å². The van der Waals surface area contributed by atoms with Crippen LogP contribution in [0.15, 0.2) is 65.1 Å². The van der Waals surface area contributed by atoms with Crippen molar-refractivity contribution in [3.63, 3.8) is 0 Å². The van der Waals surface area contributed by atoms with Crippen LogP contribution in [0.3, 0.4) is 0 Å². The minimum atomic E-state index is -0.959. The summed E-state index contributed by atoms with van der Waals surface area (Å²) in [6.45, 7) is 1.51. The van der Waals surface area contributed by atoms with Gasteiger partial charge in [0.1, 0.15) is 11.3 Å². The summed E-state index contributed by atoms with van der Waals surface area (Å²) >= 11 is 3.31. The van der Waals surface area contributed by atoms with E-state index in [1.165, 1.54) is 13.0 Å². The number of phenolic OH excluding ortho intramolecular Hbond substituents is 1. The summed E-state index contributed by atoms with van der Waals surface area (Å²) in [7, 11) is 0. The van der Waals surface area contributed by atoms with Crippen molar-refractivity contribution in [1.82, 2.24) is 0 Å². The maximum atomic E-state index is 12.4. The zero-order valence-electron chi connectivity index (χ0n) is 13.4. The van der Waals surface area contributed by atoms with Gasteiger partial charge in [-0.1, -0.05) is 52.3 Å². The average molecular weight is 399 g/mol. The molecule has 3 rings (SSSR count). The molecule has 1 atom stereocenters. The second-order valence-corrected chi connectivity index (χ2v) is 6.55. The lowest BCUT2D eigenvalue weighted by molar-refractivity contribution is 0.0316. The van der Waals surface area contributed by atoms with Gasteiger partial charge in [-0.2, -0.15) is 0 Å². The molecule has 0 aliphatic rings. The van der Waals surface area contributed by atoms with E-state index in [1.54, 1.807) is 30.3 Å². The smallest absolute Gasteiger partial charge is 0.342 e. The third-order valence-corrected chi connectivity index (χ3v) is 4.39. The zero-order valence-corrected chi connectivity index (χ0v) is 15.0. The van der Waals surface area contributed by atoms with Gasteiger partial charge in [0.05, 0.1) is 0 Å². The van der Waals surface area contributed by atoms with Gasteiger partial charge in [-0.3, -0.25) is 4.79 Å². The standard InChI is InChI=1S/C20H15BrO4/c1-12(19(23)13-6-8-16(21)9-7-13)25-20(24)17-10-14-4-2-3-5-15(14)11-18(17)22/h2-12,22H,1H3/t12-/m1/s1. The first-order valence-corrected chi connectivity index (χ1v) is 8.47. The lowest BCUT2D eigenvalue weighted by Crippen LogP contribution is -2.24. The number of hydrogen-bond acceptors (Lipinski definition) is 4. The molecule has 4 nitrogen and oxygen atoms in total. The summed E-state index contributed by atoms with van der Waals surface area (Å²) in [6.07, 6.45) is -0.959. The van der Waals surface area contributed by atoms with E-state index in [0.717, 1.165) is 15.2 Å². The number of aromatic hydroxyl groups is 1. The van der Waals surface area contributed by atoms with Gasteiger partial charge in [0, 0.05) is 10.0 Å². The van der Waals surface area contributed by atoms with Gasteiger partial charge in [0.15, 0.2) is 6.10 Å². The van der Waals surface area contributed by atoms with Crippen LogP contribution >= 0.6 is 15.9 Å². The van der Waals surface area contributed by atoms with Crippen molar-refractivity contribution in [1.29, 1.82) is 0 Å². The van der Waals surface area contributed by atoms with Crippen LogP contribution in [0.4, 0.5) is 0 Å². The van der Waals surface area contributed by atoms with Crippen LogP contribution in [0.25, 0.3) is 10.8 Å². The molecular formula is C20H15BrO4. The Morgan fingerprint density at radius 3 is 2.24 bits per heavy atom. The fourth-order valence-corrected chi connectivity index (χ4v) is 2.78. The molecule has 0 saturated carbocycles. The van der Waals surface area contributed by atoms with Gasteiger partial charge in [-0.25, -0.2) is 4.79 Å². The number of ketones is 1. The molecule has 0 saturated heterocycles. The molecule has 3 aromatic carbocycles. The van der Waals surface area contributed by atoms with E-state index < -0.39 is 12.1 Å². The second kappa shape index (κ2) is 7.07. The Labute approximate surface area is 153 Å². The van der Waals surface area contributed by atoms with Gasteiger partial charge >= 0.3 is 5.97 Å². The Kier molecular flexibility index (Phi) is 4.86. The average Bonchev–Trinajstić information content (AvgIpc) is 2.61. The third-order valence-electron chi connectivity index (χ3n) is 3.87. The van der Waals surface area contributed by atoms with Crippen molar-refractivity contribution in [2.75, 3.05) is 0 Å². The van der Waals surface area contributed by atoms with Gasteiger partial charge in [-0.05, 0) is 42.0 Å². The highest BCUT2D eigenvalue weighted by molar-refractivity contribution is 9.10. The molecular weight excluding hydrogens is 384 g/mol. The number of halogens is 1. The molecule has 3 aromatic rings. The van der Waals surface area contributed by atoms with Crippen molar-refractivity contribution in [2.24, 2.45) is 0 Å². The monoisotopic (exact) mass is 398 g/mol. The number of fused-ring (bicyclic) bond motifs is 1. The first kappa shape index (κ1) is 17.2. The molecule has 0 unspecified atom stereocenters. The number of carbonyl (C=O) groups is 2. The summed E-state index contributed by atoms with van der Waals surface area (Å²) in [6, 6.07) is 17.2. The first-order chi connectivity index (χ1) is 12.0. The minimum Gasteiger partial charge on any atom is -0.507 e. The van der Waals surface area contributed by atoms with Crippen molar-refractivity contribution in [3.05, 3.63) is 76.3 Å². The quantitative estimate of drug-likeness (QED) is 0.509. The van der Waals surface area contributed by atoms with Crippen LogP contribution in [0.1, 0.15) is 27.6 Å². The Morgan fingerprint density at radius 2 is 1.60 bits per heavy atom. The Hall–Kier alpha value is -2.66. The highest BCUT2D eigenvalue weighted by Crippen LogP contribution is 2.26. The second-order valence-electron chi connectivity index (χ2n) is 5.64. The van der Waals surface area contributed by atoms with E-state index in [4.69, 9.17) is 4.74 Å². The van der Waals surface area contributed by atoms with Gasteiger partial charge < -0.3 is 9.84 Å². The van der Waals surface area contributed by atoms with E-state index in [0.29, 0.717) is 5.56 Å². The molecule has 0 aliphatic heterocycles. The van der Waals surface area contributed by atoms with Crippen LogP contribution in [-0.2, 0) is 4.74 Å². The van der Waals surface area contributed by atoms with Crippen molar-refractivity contribution < 1.29 is 19.4 Å². The molecule has 0 aliphatic carbocycles. The number of esters is 1. The predicted octanol–water partition coefficient (Wildman–Crippen LogP) is 4.74. The molecule has 0 bridgehead atoms. The fraction of sp³-hybridized carbons (Fsp3) is 0.100. The number of rotatable bonds is 4. The molecule has 5 heteroatoms. The molecule has 0 amide bonds. The molecule has 25 heavy (non-hydrogen) atoms. The lowest BCUT2D eigenvalue weighted by Gasteiger charge is -2.13. The Bertz CT molecular complexity index is 948. The Balaban J connectivity index is 1.80. The van der Waals surface area contributed by atoms with Crippen molar-refractivity contribution in [2.45, 2.75) is 13.0 Å². The van der Waals surface area contributed by atoms with Crippen LogP contribution in [-0.4, -0.2) is 23.0 Å². The highest BCUT2D eigenvalue weighted by atomic mass is 79.9. The van der Waals surface area contributed by atoms with Crippen molar-refractivity contribution in [3.8, 4) is 5.75 Å². The topological polar surface area (TPSA) is 63.6 Å². The normalized spacial score (nSPS) is 11.9. The van der Waals surface area contributed by atoms with Crippen LogP contribution in [0.2, 0.25) is 0 Å². The maximum Gasteiger partial charge on any atom is 0.342 e. The van der Waals surface area contributed by atoms with E-state index in [-0.39, 0.29) is 17.1 Å². The minimum absolute atomic E-state index is 0.0363. The number of Topliss-reactive ketones (excluding diaryl/α,β-unsaturated/α-hetero) is 1. The zero-order chi connectivity index (χ0) is 18.0. The van der Waals surface area contributed by atoms with Crippen LogP contribution in [0, 0.1) is 0 Å². The van der Waals surface area contributed by atoms with Crippen LogP contribution in [0.5, 0.6) is 5.75 Å². The third kappa shape index (κ3) is 3.72. The van der Waals surface area contributed by atoms with E-state index in [9.17, 15) is 14.7 Å². The lowest BCUT2D eigenvalue weighted by atomic mass is 10.1. The number of ether oxygens (including phenoxy) is 1. The summed E-state index contributed by atoms with van der Waals surface area (Å²) in [4.78, 5) is 24.7.